The van der Waals surface area contributed by atoms with E-state index in [1.165, 1.54) is 16.2 Å². The summed E-state index contributed by atoms with van der Waals surface area (Å²) >= 11 is 1.33. The van der Waals surface area contributed by atoms with Gasteiger partial charge >= 0.3 is 0 Å². The Morgan fingerprint density at radius 2 is 2.28 bits per heavy atom. The quantitative estimate of drug-likeness (QED) is 0.798. The van der Waals surface area contributed by atoms with Crippen LogP contribution in [0.2, 0.25) is 0 Å². The molecule has 0 bridgehead atoms. The smallest absolute Gasteiger partial charge is 0.265 e. The Morgan fingerprint density at radius 1 is 1.56 bits per heavy atom. The molecule has 1 atom stereocenters. The van der Waals surface area contributed by atoms with Crippen molar-refractivity contribution >= 4 is 17.2 Å². The van der Waals surface area contributed by atoms with Crippen LogP contribution in [0.25, 0.3) is 0 Å². The number of rotatable bonds is 4. The fourth-order valence-corrected chi connectivity index (χ4v) is 2.10. The topological polar surface area (TPSA) is 60.8 Å². The van der Waals surface area contributed by atoms with Crippen molar-refractivity contribution in [2.75, 3.05) is 20.3 Å². The van der Waals surface area contributed by atoms with Gasteiger partial charge < -0.3 is 15.1 Å². The Morgan fingerprint density at radius 3 is 2.89 bits per heavy atom. The van der Waals surface area contributed by atoms with Crippen LogP contribution >= 0.6 is 11.3 Å². The third-order valence-corrected chi connectivity index (χ3v) is 3.47. The van der Waals surface area contributed by atoms with Gasteiger partial charge in [-0.15, -0.1) is 11.3 Å². The average molecular weight is 267 g/mol. The molecule has 1 rings (SSSR count). The fourth-order valence-electron chi connectivity index (χ4n) is 1.27. The van der Waals surface area contributed by atoms with E-state index in [9.17, 15) is 4.79 Å². The molecule has 0 aliphatic heterocycles. The maximum Gasteiger partial charge on any atom is 0.265 e. The van der Waals surface area contributed by atoms with Gasteiger partial charge in [0.2, 0.25) is 0 Å². The number of hydrogen-bond donors (Lipinski definition) is 2. The number of thiophene rings is 1. The molecular weight excluding hydrogens is 250 g/mol. The summed E-state index contributed by atoms with van der Waals surface area (Å²) in [6.45, 7) is 1.73. The summed E-state index contributed by atoms with van der Waals surface area (Å²) in [5.74, 6) is 5.54. The Labute approximate surface area is 111 Å². The van der Waals surface area contributed by atoms with Gasteiger partial charge in [0.05, 0.1) is 19.3 Å². The first-order chi connectivity index (χ1) is 8.61. The first kappa shape index (κ1) is 14.7. The molecule has 0 saturated heterocycles. The Kier molecular flexibility index (Phi) is 5.86. The summed E-state index contributed by atoms with van der Waals surface area (Å²) in [6.07, 6.45) is 0.395. The van der Waals surface area contributed by atoms with Crippen LogP contribution in [0.5, 0.6) is 0 Å². The largest absolute Gasteiger partial charge is 0.395 e. The number of nitrogens with zero attached hydrogens (tertiary/aromatic N) is 1. The molecule has 0 fully saturated rings. The van der Waals surface area contributed by atoms with E-state index < -0.39 is 0 Å². The van der Waals surface area contributed by atoms with Crippen LogP contribution in [-0.2, 0) is 0 Å². The van der Waals surface area contributed by atoms with E-state index in [1.54, 1.807) is 20.0 Å². The summed E-state index contributed by atoms with van der Waals surface area (Å²) in [4.78, 5) is 14.2. The second-order valence-electron chi connectivity index (χ2n) is 3.89. The van der Waals surface area contributed by atoms with Crippen LogP contribution in [0.1, 0.15) is 28.6 Å². The van der Waals surface area contributed by atoms with Crippen LogP contribution in [0, 0.1) is 11.8 Å². The second-order valence-corrected chi connectivity index (χ2v) is 4.80. The van der Waals surface area contributed by atoms with Gasteiger partial charge in [-0.2, -0.15) is 0 Å². The van der Waals surface area contributed by atoms with Crippen LogP contribution in [-0.4, -0.2) is 47.3 Å². The molecule has 18 heavy (non-hydrogen) atoms. The molecule has 1 aromatic rings. The number of hydrogen-bond acceptors (Lipinski definition) is 4. The van der Waals surface area contributed by atoms with Crippen molar-refractivity contribution in [1.82, 2.24) is 4.90 Å². The van der Waals surface area contributed by atoms with Gasteiger partial charge in [-0.25, -0.2) is 0 Å². The van der Waals surface area contributed by atoms with Crippen LogP contribution in [0.15, 0.2) is 11.4 Å². The van der Waals surface area contributed by atoms with Crippen molar-refractivity contribution in [2.24, 2.45) is 0 Å². The third-order valence-electron chi connectivity index (χ3n) is 2.57. The van der Waals surface area contributed by atoms with Crippen LogP contribution in [0.3, 0.4) is 0 Å². The molecule has 1 amide bonds. The molecule has 0 aromatic carbocycles. The van der Waals surface area contributed by atoms with Crippen molar-refractivity contribution in [3.8, 4) is 11.8 Å². The summed E-state index contributed by atoms with van der Waals surface area (Å²) in [7, 11) is 1.66. The first-order valence-electron chi connectivity index (χ1n) is 5.67. The lowest BCUT2D eigenvalue weighted by Crippen LogP contribution is -2.37. The lowest BCUT2D eigenvalue weighted by molar-refractivity contribution is 0.0687. The van der Waals surface area contributed by atoms with Crippen LogP contribution < -0.4 is 0 Å². The predicted octanol–water partition coefficient (Wildman–Crippen LogP) is 0.935. The van der Waals surface area contributed by atoms with E-state index in [0.717, 1.165) is 0 Å². The van der Waals surface area contributed by atoms with Gasteiger partial charge in [0.15, 0.2) is 0 Å². The molecule has 1 aromatic heterocycles. The van der Waals surface area contributed by atoms with Crippen molar-refractivity contribution in [1.29, 1.82) is 0 Å². The molecule has 0 radical (unpaired) electrons. The molecule has 1 unspecified atom stereocenters. The normalized spacial score (nSPS) is 11.6. The van der Waals surface area contributed by atoms with Gasteiger partial charge in [0.25, 0.3) is 5.91 Å². The summed E-state index contributed by atoms with van der Waals surface area (Å²) < 4.78 is 0. The lowest BCUT2D eigenvalue weighted by atomic mass is 10.2. The van der Waals surface area contributed by atoms with Gasteiger partial charge in [0.1, 0.15) is 4.88 Å². The van der Waals surface area contributed by atoms with Crippen molar-refractivity contribution in [3.05, 3.63) is 21.9 Å². The van der Waals surface area contributed by atoms with E-state index in [2.05, 4.69) is 11.8 Å². The second kappa shape index (κ2) is 7.17. The maximum absolute atomic E-state index is 12.2. The Bertz CT molecular complexity index is 458. The molecule has 98 valence electrons. The number of aliphatic hydroxyl groups is 2. The van der Waals surface area contributed by atoms with Crippen molar-refractivity contribution in [2.45, 2.75) is 19.4 Å². The van der Waals surface area contributed by atoms with E-state index in [4.69, 9.17) is 10.2 Å². The van der Waals surface area contributed by atoms with Gasteiger partial charge in [-0.3, -0.25) is 4.79 Å². The lowest BCUT2D eigenvalue weighted by Gasteiger charge is -2.22. The molecule has 1 heterocycles. The standard InChI is InChI=1S/C13H17NO3S/c1-10(9-16)14(2)13(17)12-11(6-8-18-12)5-3-4-7-15/h6,8,10,15-16H,4,7,9H2,1-2H3. The number of aliphatic hydroxyl groups excluding tert-OH is 2. The summed E-state index contributed by atoms with van der Waals surface area (Å²) in [5.41, 5.74) is 0.676. The highest BCUT2D eigenvalue weighted by Gasteiger charge is 2.20. The molecule has 0 aliphatic carbocycles. The third kappa shape index (κ3) is 3.57. The number of likely N-dealkylation sites (N-methyl/N-ethyl adjacent to an activating group) is 1. The highest BCUT2D eigenvalue weighted by Crippen LogP contribution is 2.18. The average Bonchev–Trinajstić information content (AvgIpc) is 2.84. The minimum Gasteiger partial charge on any atom is -0.395 e. The summed E-state index contributed by atoms with van der Waals surface area (Å²) in [5, 5.41) is 19.5. The van der Waals surface area contributed by atoms with Gasteiger partial charge in [-0.05, 0) is 18.4 Å². The fraction of sp³-hybridized carbons (Fsp3) is 0.462. The highest BCUT2D eigenvalue weighted by molar-refractivity contribution is 7.12. The zero-order valence-electron chi connectivity index (χ0n) is 10.5. The van der Waals surface area contributed by atoms with Gasteiger partial charge in [-0.1, -0.05) is 11.8 Å². The van der Waals surface area contributed by atoms with Crippen molar-refractivity contribution in [3.63, 3.8) is 0 Å². The molecular formula is C13H17NO3S. The SMILES string of the molecule is CC(CO)N(C)C(=O)c1sccc1C#CCCO. The minimum atomic E-state index is -0.224. The monoisotopic (exact) mass is 267 g/mol. The molecule has 0 saturated carbocycles. The van der Waals surface area contributed by atoms with Gasteiger partial charge in [0, 0.05) is 19.0 Å². The predicted molar refractivity (Wildman–Crippen MR) is 71.5 cm³/mol. The molecule has 2 N–H and O–H groups in total. The number of carbonyl (C=O) groups excluding carboxylic acids is 1. The van der Waals surface area contributed by atoms with Crippen molar-refractivity contribution < 1.29 is 15.0 Å². The minimum absolute atomic E-state index is 0.0157. The van der Waals surface area contributed by atoms with E-state index >= 15 is 0 Å². The first-order valence-corrected chi connectivity index (χ1v) is 6.55. The molecule has 0 aliphatic rings. The molecule has 5 heteroatoms. The number of carbonyl (C=O) groups is 1. The van der Waals surface area contributed by atoms with Crippen LogP contribution in [0.4, 0.5) is 0 Å². The van der Waals surface area contributed by atoms with E-state index in [1.807, 2.05) is 5.38 Å². The zero-order chi connectivity index (χ0) is 13.5. The zero-order valence-corrected chi connectivity index (χ0v) is 11.3. The maximum atomic E-state index is 12.2. The van der Waals surface area contributed by atoms with E-state index in [-0.39, 0.29) is 25.2 Å². The van der Waals surface area contributed by atoms with E-state index in [0.29, 0.717) is 16.9 Å². The Balaban J connectivity index is 2.88. The number of amides is 1. The molecule has 0 spiro atoms. The summed E-state index contributed by atoms with van der Waals surface area (Å²) in [6, 6.07) is 1.57. The molecule has 4 nitrogen and oxygen atoms in total. The Hall–Kier alpha value is -1.35. The highest BCUT2D eigenvalue weighted by atomic mass is 32.1.